The molecule has 0 aromatic rings. The van der Waals surface area contributed by atoms with E-state index in [1.165, 1.54) is 0 Å². The van der Waals surface area contributed by atoms with E-state index in [1.807, 2.05) is 19.2 Å². The van der Waals surface area contributed by atoms with Gasteiger partial charge in [-0.25, -0.2) is 8.78 Å². The molecule has 1 N–H and O–H groups in total. The summed E-state index contributed by atoms with van der Waals surface area (Å²) < 4.78 is 49.4. The highest BCUT2D eigenvalue weighted by Gasteiger charge is 2.49. The average molecular weight is 255 g/mol. The van der Waals surface area contributed by atoms with Gasteiger partial charge >= 0.3 is 12.3 Å². The topological polar surface area (TPSA) is 29.1 Å². The van der Waals surface area contributed by atoms with Gasteiger partial charge in [-0.3, -0.25) is 4.79 Å². The Morgan fingerprint density at radius 1 is 1.41 bits per heavy atom. The van der Waals surface area contributed by atoms with E-state index in [0.717, 1.165) is 12.8 Å². The van der Waals surface area contributed by atoms with Gasteiger partial charge in [0.2, 0.25) is 0 Å². The standard InChI is InChI=1S/C11H17F4NO/c1-10(2)5-3-4-7(6-10)16-9(17)11(14,15)8(12)13/h7-8H,3-6H2,1-2H3,(H,16,17). The van der Waals surface area contributed by atoms with Gasteiger partial charge in [-0.05, 0) is 24.7 Å². The number of hydrogen-bond donors (Lipinski definition) is 1. The van der Waals surface area contributed by atoms with Crippen LogP contribution in [0.5, 0.6) is 0 Å². The molecule has 1 unspecified atom stereocenters. The summed E-state index contributed by atoms with van der Waals surface area (Å²) in [6.07, 6.45) is -1.10. The number of carbonyl (C=O) groups excluding carboxylic acids is 1. The highest BCUT2D eigenvalue weighted by Crippen LogP contribution is 2.35. The molecule has 0 radical (unpaired) electrons. The first-order chi connectivity index (χ1) is 7.65. The fraction of sp³-hybridized carbons (Fsp3) is 0.909. The Bertz CT molecular complexity index is 291. The van der Waals surface area contributed by atoms with Gasteiger partial charge in [0.1, 0.15) is 0 Å². The first-order valence-electron chi connectivity index (χ1n) is 5.62. The molecule has 0 aromatic carbocycles. The predicted octanol–water partition coefficient (Wildman–Crippen LogP) is 2.97. The summed E-state index contributed by atoms with van der Waals surface area (Å²) in [5.74, 6) is -6.46. The minimum atomic E-state index is -4.60. The van der Waals surface area contributed by atoms with Crippen LogP contribution in [0.3, 0.4) is 0 Å². The molecule has 100 valence electrons. The zero-order valence-corrected chi connectivity index (χ0v) is 9.90. The van der Waals surface area contributed by atoms with Gasteiger partial charge in [-0.2, -0.15) is 8.78 Å². The second kappa shape index (κ2) is 4.82. The maximum atomic E-state index is 12.7. The minimum absolute atomic E-state index is 0.0453. The number of carbonyl (C=O) groups is 1. The second-order valence-corrected chi connectivity index (χ2v) is 5.35. The molecule has 2 nitrogen and oxygen atoms in total. The fourth-order valence-electron chi connectivity index (χ4n) is 2.20. The van der Waals surface area contributed by atoms with Gasteiger partial charge in [0.15, 0.2) is 0 Å². The lowest BCUT2D eigenvalue weighted by molar-refractivity contribution is -0.170. The summed E-state index contributed by atoms with van der Waals surface area (Å²) >= 11 is 0. The highest BCUT2D eigenvalue weighted by atomic mass is 19.3. The summed E-state index contributed by atoms with van der Waals surface area (Å²) in [6.45, 7) is 3.94. The Morgan fingerprint density at radius 2 is 2.00 bits per heavy atom. The largest absolute Gasteiger partial charge is 0.383 e. The van der Waals surface area contributed by atoms with Crippen molar-refractivity contribution < 1.29 is 22.4 Å². The lowest BCUT2D eigenvalue weighted by Crippen LogP contribution is -2.50. The van der Waals surface area contributed by atoms with Crippen molar-refractivity contribution in [2.45, 2.75) is 57.9 Å². The van der Waals surface area contributed by atoms with E-state index < -0.39 is 24.3 Å². The maximum Gasteiger partial charge on any atom is 0.383 e. The number of alkyl halides is 4. The SMILES string of the molecule is CC1(C)CCCC(NC(=O)C(F)(F)C(F)F)C1. The van der Waals surface area contributed by atoms with Crippen molar-refractivity contribution in [1.29, 1.82) is 0 Å². The number of halogens is 4. The van der Waals surface area contributed by atoms with Crippen molar-refractivity contribution in [1.82, 2.24) is 5.32 Å². The van der Waals surface area contributed by atoms with E-state index >= 15 is 0 Å². The molecule has 0 heterocycles. The molecule has 0 saturated heterocycles. The molecule has 0 aliphatic heterocycles. The molecule has 17 heavy (non-hydrogen) atoms. The van der Waals surface area contributed by atoms with Gasteiger partial charge in [0.25, 0.3) is 5.91 Å². The molecular formula is C11H17F4NO. The third-order valence-electron chi connectivity index (χ3n) is 3.12. The van der Waals surface area contributed by atoms with Crippen LogP contribution < -0.4 is 5.32 Å². The van der Waals surface area contributed by atoms with Crippen LogP contribution in [0.25, 0.3) is 0 Å². The lowest BCUT2D eigenvalue weighted by Gasteiger charge is -2.36. The van der Waals surface area contributed by atoms with Crippen molar-refractivity contribution >= 4 is 5.91 Å². The summed E-state index contributed by atoms with van der Waals surface area (Å²) in [5, 5.41) is 2.03. The predicted molar refractivity (Wildman–Crippen MR) is 55.1 cm³/mol. The Morgan fingerprint density at radius 3 is 2.47 bits per heavy atom. The molecule has 1 aliphatic rings. The van der Waals surface area contributed by atoms with E-state index in [-0.39, 0.29) is 5.41 Å². The van der Waals surface area contributed by atoms with E-state index in [1.54, 1.807) is 0 Å². The Hall–Kier alpha value is -0.810. The Kier molecular flexibility index (Phi) is 4.04. The fourth-order valence-corrected chi connectivity index (χ4v) is 2.20. The molecule has 1 amide bonds. The van der Waals surface area contributed by atoms with Crippen LogP contribution in [0.4, 0.5) is 17.6 Å². The van der Waals surface area contributed by atoms with E-state index in [0.29, 0.717) is 12.8 Å². The van der Waals surface area contributed by atoms with Crippen molar-refractivity contribution in [2.24, 2.45) is 5.41 Å². The third-order valence-corrected chi connectivity index (χ3v) is 3.12. The molecule has 1 atom stereocenters. The van der Waals surface area contributed by atoms with Crippen molar-refractivity contribution in [2.75, 3.05) is 0 Å². The monoisotopic (exact) mass is 255 g/mol. The number of rotatable bonds is 3. The van der Waals surface area contributed by atoms with Crippen LogP contribution in [0, 0.1) is 5.41 Å². The molecule has 0 spiro atoms. The molecule has 0 aromatic heterocycles. The van der Waals surface area contributed by atoms with Crippen molar-refractivity contribution in [3.8, 4) is 0 Å². The smallest absolute Gasteiger partial charge is 0.348 e. The first kappa shape index (κ1) is 14.3. The molecule has 1 aliphatic carbocycles. The minimum Gasteiger partial charge on any atom is -0.348 e. The van der Waals surface area contributed by atoms with E-state index in [2.05, 4.69) is 0 Å². The molecule has 1 fully saturated rings. The number of hydrogen-bond acceptors (Lipinski definition) is 1. The third kappa shape index (κ3) is 3.57. The number of amides is 1. The zero-order valence-electron chi connectivity index (χ0n) is 9.90. The van der Waals surface area contributed by atoms with Gasteiger partial charge < -0.3 is 5.32 Å². The van der Waals surface area contributed by atoms with Crippen LogP contribution in [0.2, 0.25) is 0 Å². The van der Waals surface area contributed by atoms with Crippen molar-refractivity contribution in [3.05, 3.63) is 0 Å². The van der Waals surface area contributed by atoms with Crippen LogP contribution in [-0.4, -0.2) is 24.3 Å². The second-order valence-electron chi connectivity index (χ2n) is 5.35. The zero-order chi connectivity index (χ0) is 13.3. The summed E-state index contributed by atoms with van der Waals surface area (Å²) in [5.41, 5.74) is -0.0453. The number of nitrogens with one attached hydrogen (secondary N) is 1. The van der Waals surface area contributed by atoms with Crippen LogP contribution >= 0.6 is 0 Å². The van der Waals surface area contributed by atoms with E-state index in [4.69, 9.17) is 0 Å². The molecule has 0 bridgehead atoms. The average Bonchev–Trinajstić information content (AvgIpc) is 2.15. The van der Waals surface area contributed by atoms with Crippen LogP contribution in [-0.2, 0) is 4.79 Å². The Balaban J connectivity index is 2.57. The highest BCUT2D eigenvalue weighted by molar-refractivity contribution is 5.84. The first-order valence-corrected chi connectivity index (χ1v) is 5.62. The van der Waals surface area contributed by atoms with Gasteiger partial charge in [-0.15, -0.1) is 0 Å². The van der Waals surface area contributed by atoms with Gasteiger partial charge in [0, 0.05) is 6.04 Å². The maximum absolute atomic E-state index is 12.7. The summed E-state index contributed by atoms with van der Waals surface area (Å²) in [4.78, 5) is 11.0. The van der Waals surface area contributed by atoms with E-state index in [9.17, 15) is 22.4 Å². The summed E-state index contributed by atoms with van der Waals surface area (Å²) in [7, 11) is 0. The van der Waals surface area contributed by atoms with Crippen LogP contribution in [0.1, 0.15) is 39.5 Å². The molecule has 1 rings (SSSR count). The summed E-state index contributed by atoms with van der Waals surface area (Å²) in [6, 6.07) is -0.434. The van der Waals surface area contributed by atoms with Gasteiger partial charge in [-0.1, -0.05) is 20.3 Å². The quantitative estimate of drug-likeness (QED) is 0.772. The Labute approximate surface area is 97.8 Å². The lowest BCUT2D eigenvalue weighted by atomic mass is 9.75. The molecule has 6 heteroatoms. The van der Waals surface area contributed by atoms with Crippen molar-refractivity contribution in [3.63, 3.8) is 0 Å². The van der Waals surface area contributed by atoms with Gasteiger partial charge in [0.05, 0.1) is 0 Å². The molecular weight excluding hydrogens is 238 g/mol. The molecule has 1 saturated carbocycles. The van der Waals surface area contributed by atoms with Crippen LogP contribution in [0.15, 0.2) is 0 Å². The normalized spacial score (nSPS) is 24.8.